The third-order valence-electron chi connectivity index (χ3n) is 3.89. The highest BCUT2D eigenvalue weighted by atomic mass is 19.4. The second-order valence-electron chi connectivity index (χ2n) is 5.36. The minimum Gasteiger partial charge on any atom is -0.353 e. The van der Waals surface area contributed by atoms with E-state index in [4.69, 9.17) is 0 Å². The van der Waals surface area contributed by atoms with Crippen LogP contribution in [0.15, 0.2) is 36.5 Å². The molecule has 2 aromatic heterocycles. The third-order valence-corrected chi connectivity index (χ3v) is 3.89. The Balaban J connectivity index is 2.02. The predicted molar refractivity (Wildman–Crippen MR) is 78.9 cm³/mol. The van der Waals surface area contributed by atoms with Gasteiger partial charge in [0.15, 0.2) is 0 Å². The van der Waals surface area contributed by atoms with Crippen LogP contribution in [0.25, 0.3) is 22.3 Å². The number of anilines is 1. The highest BCUT2D eigenvalue weighted by Gasteiger charge is 2.32. The summed E-state index contributed by atoms with van der Waals surface area (Å²) in [6, 6.07) is 6.88. The molecule has 4 nitrogen and oxygen atoms in total. The van der Waals surface area contributed by atoms with Crippen molar-refractivity contribution in [2.45, 2.75) is 12.6 Å². The minimum atomic E-state index is -4.43. The van der Waals surface area contributed by atoms with Crippen molar-refractivity contribution in [2.24, 2.45) is 0 Å². The van der Waals surface area contributed by atoms with Crippen LogP contribution in [0.3, 0.4) is 0 Å². The summed E-state index contributed by atoms with van der Waals surface area (Å²) in [6.45, 7) is 0. The number of rotatable bonds is 0. The number of carbonyl (C=O) groups is 1. The molecule has 23 heavy (non-hydrogen) atoms. The summed E-state index contributed by atoms with van der Waals surface area (Å²) in [5.41, 5.74) is 1.98. The number of hydrogen-bond donors (Lipinski definition) is 2. The molecular formula is C16H10F3N3O. The predicted octanol–water partition coefficient (Wildman–Crippen LogP) is 3.74. The number of benzene rings is 1. The van der Waals surface area contributed by atoms with Crippen LogP contribution < -0.4 is 5.32 Å². The molecule has 1 amide bonds. The standard InChI is InChI=1S/C16H10F3N3O/c17-16(18,19)8-3-4-11-9(6-8)10-7-13(23)21-12-2-1-5-20-15(12)14(10)22-11/h1-6,22H,7H2,(H,21,23). The SMILES string of the molecule is O=C1Cc2c([nH]c3ccc(C(F)(F)F)cc23)-c2ncccc2N1. The van der Waals surface area contributed by atoms with Gasteiger partial charge in [0.05, 0.1) is 23.4 Å². The van der Waals surface area contributed by atoms with Crippen LogP contribution in [0.2, 0.25) is 0 Å². The largest absolute Gasteiger partial charge is 0.416 e. The molecule has 0 spiro atoms. The molecule has 0 aliphatic carbocycles. The number of carbonyl (C=O) groups excluding carboxylic acids is 1. The van der Waals surface area contributed by atoms with E-state index in [9.17, 15) is 18.0 Å². The number of hydrogen-bond acceptors (Lipinski definition) is 2. The van der Waals surface area contributed by atoms with E-state index in [2.05, 4.69) is 15.3 Å². The fraction of sp³-hybridized carbons (Fsp3) is 0.125. The van der Waals surface area contributed by atoms with Gasteiger partial charge in [0.1, 0.15) is 5.69 Å². The smallest absolute Gasteiger partial charge is 0.353 e. The molecule has 1 aliphatic rings. The van der Waals surface area contributed by atoms with Gasteiger partial charge in [-0.05, 0) is 35.9 Å². The first kappa shape index (κ1) is 13.8. The summed E-state index contributed by atoms with van der Waals surface area (Å²) in [5, 5.41) is 3.11. The van der Waals surface area contributed by atoms with Crippen molar-refractivity contribution in [3.63, 3.8) is 0 Å². The second-order valence-corrected chi connectivity index (χ2v) is 5.36. The van der Waals surface area contributed by atoms with Crippen LogP contribution in [0.4, 0.5) is 18.9 Å². The summed E-state index contributed by atoms with van der Waals surface area (Å²) in [6.07, 6.45) is -2.86. The van der Waals surface area contributed by atoms with Gasteiger partial charge in [-0.15, -0.1) is 0 Å². The number of fused-ring (bicyclic) bond motifs is 5. The lowest BCUT2D eigenvalue weighted by Gasteiger charge is -2.06. The molecule has 0 bridgehead atoms. The first-order valence-electron chi connectivity index (χ1n) is 6.90. The summed E-state index contributed by atoms with van der Waals surface area (Å²) < 4.78 is 38.8. The highest BCUT2D eigenvalue weighted by molar-refractivity contribution is 6.04. The zero-order valence-corrected chi connectivity index (χ0v) is 11.7. The normalized spacial score (nSPS) is 14.1. The van der Waals surface area contributed by atoms with Gasteiger partial charge in [-0.3, -0.25) is 9.78 Å². The fourth-order valence-electron chi connectivity index (χ4n) is 2.87. The molecule has 0 saturated heterocycles. The molecule has 1 aliphatic heterocycles. The number of H-pyrrole nitrogens is 1. The van der Waals surface area contributed by atoms with Crippen LogP contribution in [0.1, 0.15) is 11.1 Å². The summed E-state index contributed by atoms with van der Waals surface area (Å²) in [5.74, 6) is -0.281. The van der Waals surface area contributed by atoms with Gasteiger partial charge in [-0.1, -0.05) is 0 Å². The van der Waals surface area contributed by atoms with Crippen LogP contribution >= 0.6 is 0 Å². The molecule has 0 atom stereocenters. The molecule has 0 fully saturated rings. The van der Waals surface area contributed by atoms with Gasteiger partial charge in [0, 0.05) is 17.1 Å². The average Bonchev–Trinajstić information content (AvgIpc) is 2.77. The molecule has 0 saturated carbocycles. The van der Waals surface area contributed by atoms with Gasteiger partial charge in [-0.25, -0.2) is 0 Å². The monoisotopic (exact) mass is 317 g/mol. The molecule has 3 heterocycles. The molecule has 116 valence electrons. The lowest BCUT2D eigenvalue weighted by Crippen LogP contribution is -2.12. The molecule has 1 aromatic carbocycles. The minimum absolute atomic E-state index is 0.00694. The zero-order valence-electron chi connectivity index (χ0n) is 11.7. The molecule has 3 aromatic rings. The van der Waals surface area contributed by atoms with Crippen molar-refractivity contribution in [1.82, 2.24) is 9.97 Å². The van der Waals surface area contributed by atoms with E-state index >= 15 is 0 Å². The Morgan fingerprint density at radius 1 is 1.17 bits per heavy atom. The Labute approximate surface area is 128 Å². The van der Waals surface area contributed by atoms with Crippen molar-refractivity contribution < 1.29 is 18.0 Å². The van der Waals surface area contributed by atoms with Gasteiger partial charge in [-0.2, -0.15) is 13.2 Å². The van der Waals surface area contributed by atoms with Crippen LogP contribution in [-0.2, 0) is 17.4 Å². The molecule has 2 N–H and O–H groups in total. The lowest BCUT2D eigenvalue weighted by molar-refractivity contribution is -0.137. The summed E-state index contributed by atoms with van der Waals surface area (Å²) in [7, 11) is 0. The average molecular weight is 317 g/mol. The lowest BCUT2D eigenvalue weighted by atomic mass is 10.0. The molecule has 0 radical (unpaired) electrons. The number of nitrogens with zero attached hydrogens (tertiary/aromatic N) is 1. The number of halogens is 3. The van der Waals surface area contributed by atoms with E-state index in [1.807, 2.05) is 0 Å². The highest BCUT2D eigenvalue weighted by Crippen LogP contribution is 2.38. The van der Waals surface area contributed by atoms with E-state index in [1.54, 1.807) is 18.3 Å². The van der Waals surface area contributed by atoms with Gasteiger partial charge >= 0.3 is 6.18 Å². The van der Waals surface area contributed by atoms with Crippen LogP contribution in [0, 0.1) is 0 Å². The van der Waals surface area contributed by atoms with Crippen molar-refractivity contribution in [2.75, 3.05) is 5.32 Å². The van der Waals surface area contributed by atoms with Crippen molar-refractivity contribution in [3.05, 3.63) is 47.7 Å². The zero-order chi connectivity index (χ0) is 16.2. The van der Waals surface area contributed by atoms with E-state index in [-0.39, 0.29) is 12.3 Å². The topological polar surface area (TPSA) is 57.8 Å². The quantitative estimate of drug-likeness (QED) is 0.663. The van der Waals surface area contributed by atoms with Gasteiger partial charge in [0.25, 0.3) is 0 Å². The number of nitrogens with one attached hydrogen (secondary N) is 2. The number of aromatic amines is 1. The summed E-state index contributed by atoms with van der Waals surface area (Å²) >= 11 is 0. The third kappa shape index (κ3) is 2.16. The fourth-order valence-corrected chi connectivity index (χ4v) is 2.87. The first-order valence-corrected chi connectivity index (χ1v) is 6.90. The van der Waals surface area contributed by atoms with Crippen LogP contribution in [0.5, 0.6) is 0 Å². The number of amides is 1. The molecular weight excluding hydrogens is 307 g/mol. The Bertz CT molecular complexity index is 943. The Morgan fingerprint density at radius 3 is 2.78 bits per heavy atom. The first-order chi connectivity index (χ1) is 10.9. The maximum Gasteiger partial charge on any atom is 0.416 e. The van der Waals surface area contributed by atoms with Crippen molar-refractivity contribution in [1.29, 1.82) is 0 Å². The number of alkyl halides is 3. The van der Waals surface area contributed by atoms with E-state index in [0.29, 0.717) is 33.5 Å². The van der Waals surface area contributed by atoms with Crippen LogP contribution in [-0.4, -0.2) is 15.9 Å². The van der Waals surface area contributed by atoms with Gasteiger partial charge < -0.3 is 10.3 Å². The Morgan fingerprint density at radius 2 is 2.00 bits per heavy atom. The number of aromatic nitrogens is 2. The molecule has 0 unspecified atom stereocenters. The molecule has 7 heteroatoms. The van der Waals surface area contributed by atoms with E-state index < -0.39 is 11.7 Å². The van der Waals surface area contributed by atoms with Crippen molar-refractivity contribution >= 4 is 22.5 Å². The second kappa shape index (κ2) is 4.58. The van der Waals surface area contributed by atoms with Crippen molar-refractivity contribution in [3.8, 4) is 11.4 Å². The maximum absolute atomic E-state index is 12.9. The maximum atomic E-state index is 12.9. The Hall–Kier alpha value is -2.83. The summed E-state index contributed by atoms with van der Waals surface area (Å²) in [4.78, 5) is 19.4. The Kier molecular flexibility index (Phi) is 2.75. The number of pyridine rings is 1. The van der Waals surface area contributed by atoms with E-state index in [1.165, 1.54) is 6.07 Å². The molecule has 4 rings (SSSR count). The van der Waals surface area contributed by atoms with E-state index in [0.717, 1.165) is 12.1 Å². The van der Waals surface area contributed by atoms with Gasteiger partial charge in [0.2, 0.25) is 5.91 Å².